The fourth-order valence-electron chi connectivity index (χ4n) is 4.71. The highest BCUT2D eigenvalue weighted by atomic mass is 32.7. The predicted molar refractivity (Wildman–Crippen MR) is 156 cm³/mol. The van der Waals surface area contributed by atoms with Gasteiger partial charge in [-0.2, -0.15) is 9.97 Å². The third-order valence-corrected chi connectivity index (χ3v) is 11.2. The van der Waals surface area contributed by atoms with E-state index >= 15 is 0 Å². The highest BCUT2D eigenvalue weighted by molar-refractivity contribution is 8.56. The zero-order chi connectivity index (χ0) is 32.7. The second kappa shape index (κ2) is 12.7. The number of nitrogens with zero attached hydrogens (tertiary/aromatic N) is 6. The number of rotatable bonds is 12. The van der Waals surface area contributed by atoms with Crippen molar-refractivity contribution in [2.75, 3.05) is 39.3 Å². The van der Waals surface area contributed by atoms with Crippen LogP contribution in [0.1, 0.15) is 33.9 Å². The topological polar surface area (TPSA) is 234 Å². The normalized spacial score (nSPS) is 27.8. The minimum absolute atomic E-state index is 0.0951. The van der Waals surface area contributed by atoms with Crippen molar-refractivity contribution >= 4 is 53.1 Å². The molecule has 2 fully saturated rings. The van der Waals surface area contributed by atoms with E-state index in [1.807, 2.05) is 0 Å². The van der Waals surface area contributed by atoms with Gasteiger partial charge in [0.2, 0.25) is 11.8 Å². The molecule has 2 aliphatic heterocycles. The van der Waals surface area contributed by atoms with Crippen LogP contribution >= 0.6 is 18.1 Å². The fourth-order valence-corrected chi connectivity index (χ4v) is 8.68. The van der Waals surface area contributed by atoms with E-state index in [9.17, 15) is 29.2 Å². The van der Waals surface area contributed by atoms with Crippen LogP contribution in [-0.4, -0.2) is 127 Å². The van der Waals surface area contributed by atoms with Crippen molar-refractivity contribution in [3.05, 3.63) is 6.33 Å². The molecule has 0 saturated carbocycles. The Morgan fingerprint density at radius 2 is 1.98 bits per heavy atom. The molecule has 0 aromatic carbocycles. The summed E-state index contributed by atoms with van der Waals surface area (Å²) in [5, 5.41) is 25.0. The number of imide groups is 1. The van der Waals surface area contributed by atoms with Crippen LogP contribution in [0.25, 0.3) is 11.2 Å². The number of ether oxygens (including phenoxy) is 3. The molecule has 2 aromatic rings. The van der Waals surface area contributed by atoms with Crippen LogP contribution in [0, 0.1) is 0 Å². The predicted octanol–water partition coefficient (Wildman–Crippen LogP) is 0.106. The van der Waals surface area contributed by atoms with Crippen molar-refractivity contribution in [2.45, 2.75) is 69.9 Å². The Hall–Kier alpha value is -3.06. The van der Waals surface area contributed by atoms with Gasteiger partial charge in [-0.1, -0.05) is 11.4 Å². The number of hydrogen-bond donors (Lipinski definition) is 4. The summed E-state index contributed by atoms with van der Waals surface area (Å²) in [7, 11) is 4.16. The van der Waals surface area contributed by atoms with E-state index in [1.165, 1.54) is 50.8 Å². The lowest BCUT2D eigenvalue weighted by Crippen LogP contribution is -2.44. The third kappa shape index (κ3) is 6.49. The monoisotopic (exact) mass is 660 g/mol. The van der Waals surface area contributed by atoms with Crippen LogP contribution < -0.4 is 15.6 Å². The molecule has 2 aliphatic rings. The first-order valence-electron chi connectivity index (χ1n) is 13.5. The molecule has 0 aliphatic carbocycles. The first kappa shape index (κ1) is 33.8. The number of hydrogen-bond acceptors (Lipinski definition) is 15. The molecule has 4 heterocycles. The van der Waals surface area contributed by atoms with Crippen molar-refractivity contribution in [2.24, 2.45) is 0 Å². The maximum absolute atomic E-state index is 14.1. The fraction of sp³-hybridized carbons (Fsp3) is 0.667. The number of nitrogens with one attached hydrogen (secondary N) is 1. The van der Waals surface area contributed by atoms with Gasteiger partial charge >= 0.3 is 18.7 Å². The van der Waals surface area contributed by atoms with Gasteiger partial charge < -0.3 is 39.6 Å². The summed E-state index contributed by atoms with van der Waals surface area (Å²) in [6, 6.07) is -2.56. The SMILES string of the molecule is COc1nc(N)nc2c1ncn2[C@@H]1OC(CO[P@](=O)(N[C@@H](C)C(=O)OC(C)C)SCC2C(=O)N(C)C(=O)N2C)[C@@H](O)[C@@]1(C)O. The number of fused-ring (bicyclic) bond motifs is 1. The van der Waals surface area contributed by atoms with Gasteiger partial charge in [-0.05, 0) is 27.7 Å². The van der Waals surface area contributed by atoms with Crippen molar-refractivity contribution in [3.8, 4) is 5.88 Å². The number of anilines is 1. The quantitative estimate of drug-likeness (QED) is 0.134. The molecule has 0 bridgehead atoms. The van der Waals surface area contributed by atoms with Gasteiger partial charge in [0.05, 0.1) is 26.1 Å². The number of aliphatic hydroxyl groups excluding tert-OH is 1. The van der Waals surface area contributed by atoms with Crippen LogP contribution in [0.5, 0.6) is 5.88 Å². The van der Waals surface area contributed by atoms with Crippen molar-refractivity contribution in [3.63, 3.8) is 0 Å². The average molecular weight is 661 g/mol. The lowest BCUT2D eigenvalue weighted by molar-refractivity contribution is -0.149. The Labute approximate surface area is 256 Å². The van der Waals surface area contributed by atoms with E-state index in [-0.39, 0.29) is 28.7 Å². The summed E-state index contributed by atoms with van der Waals surface area (Å²) < 4.78 is 37.6. The standard InChI is InChI=1S/C24H37N8O10PS/c1-11(2)41-20(35)12(3)29-43(38,44-9-13-19(34)31(6)23(36)30(13)5)40-8-14-16(33)24(4,37)21(42-14)32-10-26-15-17(32)27-22(25)28-18(15)39-7/h10-14,16,21,33,37H,8-9H2,1-7H3,(H,29,38)(H2,25,27,28)/t12-,13?,14?,16+,21+,24+,43+/m0/s1. The first-order valence-corrected chi connectivity index (χ1v) is 16.7. The zero-order valence-corrected chi connectivity index (χ0v) is 26.9. The summed E-state index contributed by atoms with van der Waals surface area (Å²) in [6.07, 6.45) is -3.16. The number of urea groups is 1. The summed E-state index contributed by atoms with van der Waals surface area (Å²) >= 11 is 0.701. The molecule has 18 nitrogen and oxygen atoms in total. The summed E-state index contributed by atoms with van der Waals surface area (Å²) in [5.41, 5.74) is 4.28. The van der Waals surface area contributed by atoms with Crippen molar-refractivity contribution < 1.29 is 47.9 Å². The maximum Gasteiger partial charge on any atom is 0.327 e. The van der Waals surface area contributed by atoms with Gasteiger partial charge in [-0.15, -0.1) is 0 Å². The van der Waals surface area contributed by atoms with Gasteiger partial charge in [0, 0.05) is 19.8 Å². The Balaban J connectivity index is 1.55. The number of carbonyl (C=O) groups is 3. The van der Waals surface area contributed by atoms with Crippen LogP contribution in [0.15, 0.2) is 6.33 Å². The molecule has 3 amide bonds. The number of aromatic nitrogens is 4. The van der Waals surface area contributed by atoms with Crippen LogP contribution in [0.2, 0.25) is 0 Å². The van der Waals surface area contributed by atoms with Crippen LogP contribution in [-0.2, 0) is 28.2 Å². The lowest BCUT2D eigenvalue weighted by atomic mass is 9.96. The highest BCUT2D eigenvalue weighted by Crippen LogP contribution is 2.57. The smallest absolute Gasteiger partial charge is 0.327 e. The molecule has 5 N–H and O–H groups in total. The maximum atomic E-state index is 14.1. The van der Waals surface area contributed by atoms with Crippen LogP contribution in [0.4, 0.5) is 10.7 Å². The van der Waals surface area contributed by atoms with E-state index in [1.54, 1.807) is 13.8 Å². The first-order chi connectivity index (χ1) is 20.5. The van der Waals surface area contributed by atoms with Gasteiger partial charge in [-0.3, -0.25) is 23.6 Å². The van der Waals surface area contributed by atoms with Gasteiger partial charge in [0.1, 0.15) is 29.9 Å². The van der Waals surface area contributed by atoms with Crippen molar-refractivity contribution in [1.29, 1.82) is 0 Å². The summed E-state index contributed by atoms with van der Waals surface area (Å²) in [5.74, 6) is -1.36. The number of aliphatic hydroxyl groups is 2. The molecule has 0 spiro atoms. The molecule has 44 heavy (non-hydrogen) atoms. The molecule has 7 atom stereocenters. The Morgan fingerprint density at radius 1 is 1.30 bits per heavy atom. The highest BCUT2D eigenvalue weighted by Gasteiger charge is 2.54. The van der Waals surface area contributed by atoms with E-state index in [4.69, 9.17) is 24.5 Å². The van der Waals surface area contributed by atoms with E-state index < -0.39 is 73.5 Å². The molecule has 2 aromatic heterocycles. The summed E-state index contributed by atoms with van der Waals surface area (Å²) in [6.45, 7) is 1.50. The number of carbonyl (C=O) groups excluding carboxylic acids is 3. The minimum atomic E-state index is -4.06. The number of methoxy groups -OCH3 is 1. The Kier molecular flexibility index (Phi) is 9.80. The van der Waals surface area contributed by atoms with E-state index in [2.05, 4.69) is 20.0 Å². The molecule has 2 unspecified atom stereocenters. The molecular formula is C24H37N8O10PS. The lowest BCUT2D eigenvalue weighted by Gasteiger charge is -2.27. The number of amides is 3. The largest absolute Gasteiger partial charge is 0.479 e. The third-order valence-electron chi connectivity index (χ3n) is 7.15. The van der Waals surface area contributed by atoms with Gasteiger partial charge in [0.25, 0.3) is 5.91 Å². The molecule has 20 heteroatoms. The Bertz CT molecular complexity index is 1470. The molecule has 4 rings (SSSR count). The van der Waals surface area contributed by atoms with Gasteiger partial charge in [-0.25, -0.2) is 14.9 Å². The second-order valence-corrected chi connectivity index (χ2v) is 15.2. The molecule has 2 saturated heterocycles. The minimum Gasteiger partial charge on any atom is -0.479 e. The Morgan fingerprint density at radius 3 is 2.57 bits per heavy atom. The van der Waals surface area contributed by atoms with E-state index in [0.717, 1.165) is 4.90 Å². The molecule has 0 radical (unpaired) electrons. The number of esters is 1. The zero-order valence-electron chi connectivity index (χ0n) is 25.2. The summed E-state index contributed by atoms with van der Waals surface area (Å²) in [4.78, 5) is 51.9. The number of likely N-dealkylation sites (N-methyl/N-ethyl adjacent to an activating group) is 2. The average Bonchev–Trinajstić information content (AvgIpc) is 3.52. The van der Waals surface area contributed by atoms with Crippen LogP contribution in [0.3, 0.4) is 0 Å². The number of nitrogens with two attached hydrogens (primary N) is 1. The van der Waals surface area contributed by atoms with E-state index in [0.29, 0.717) is 11.4 Å². The van der Waals surface area contributed by atoms with Gasteiger partial charge in [0.15, 0.2) is 17.4 Å². The second-order valence-electron chi connectivity index (χ2n) is 10.8. The number of nitrogen functional groups attached to an aromatic ring is 1. The number of imidazole rings is 1. The molecule has 244 valence electrons. The molecular weight excluding hydrogens is 623 g/mol. The van der Waals surface area contributed by atoms with Crippen molar-refractivity contribution in [1.82, 2.24) is 34.4 Å².